The Hall–Kier alpha value is -1.19. The average Bonchev–Trinajstić information content (AvgIpc) is 3.12. The van der Waals surface area contributed by atoms with Gasteiger partial charge in [-0.05, 0) is 64.2 Å². The zero-order chi connectivity index (χ0) is 40.4. The molecule has 0 fully saturated rings. The molecule has 0 aromatic heterocycles. The Morgan fingerprint density at radius 3 is 1.30 bits per heavy atom. The number of phosphoric ester groups is 1. The smallest absolute Gasteiger partial charge is 0.269 e. The Morgan fingerprint density at radius 1 is 0.630 bits per heavy atom. The molecule has 0 heterocycles. The number of nitrogens with zero attached hydrogens (tertiary/aromatic N) is 1. The third-order valence-electron chi connectivity index (χ3n) is 9.83. The van der Waals surface area contributed by atoms with Crippen molar-refractivity contribution in [3.8, 4) is 0 Å². The van der Waals surface area contributed by atoms with Crippen LogP contribution < -0.4 is 4.89 Å². The van der Waals surface area contributed by atoms with Crippen LogP contribution in [0, 0.1) is 0 Å². The van der Waals surface area contributed by atoms with Crippen molar-refractivity contribution >= 4 is 19.4 Å². The number of rotatable bonds is 40. The normalized spacial score (nSPS) is 14.3. The number of Topliss-reactive ketones (excluding diaryl/α,β-unsaturated/α-hetero) is 2. The molecule has 1 unspecified atom stereocenters. The van der Waals surface area contributed by atoms with E-state index in [-0.39, 0.29) is 23.9 Å². The number of carbonyl (C=O) groups is 2. The number of hydrogen-bond donors (Lipinski definition) is 2. The standard InChI is InChI=1S/C44H84NO8P/c1-6-8-10-12-14-16-18-20-22-24-26-28-30-32-34-36-42(48)44(40-45(3,4)5,53-54(50,51)52-39-41(47)38-46)43(49)37-35-33-31-29-27-25-23-21-19-17-15-13-11-9-7-2/h20-23,41,46-47H,6-19,24-40H2,1-5H3/b22-20-,23-21-/t41-/m1/s1. The summed E-state index contributed by atoms with van der Waals surface area (Å²) in [7, 11) is 0.150. The molecule has 0 aliphatic rings. The summed E-state index contributed by atoms with van der Waals surface area (Å²) in [4.78, 5) is 41.0. The molecule has 54 heavy (non-hydrogen) atoms. The lowest BCUT2D eigenvalue weighted by molar-refractivity contribution is -0.874. The summed E-state index contributed by atoms with van der Waals surface area (Å²) in [6, 6.07) is 0. The summed E-state index contributed by atoms with van der Waals surface area (Å²) in [5, 5.41) is 18.8. The van der Waals surface area contributed by atoms with E-state index in [1.807, 2.05) is 0 Å². The van der Waals surface area contributed by atoms with Crippen LogP contribution in [0.4, 0.5) is 0 Å². The minimum atomic E-state index is -5.21. The number of ketones is 2. The predicted molar refractivity (Wildman–Crippen MR) is 222 cm³/mol. The maximum Gasteiger partial charge on any atom is 0.269 e. The van der Waals surface area contributed by atoms with Gasteiger partial charge in [0.25, 0.3) is 7.82 Å². The van der Waals surface area contributed by atoms with E-state index >= 15 is 0 Å². The molecule has 2 N–H and O–H groups in total. The fourth-order valence-electron chi connectivity index (χ4n) is 6.69. The van der Waals surface area contributed by atoms with Crippen LogP contribution in [0.15, 0.2) is 24.3 Å². The minimum absolute atomic E-state index is 0.0234. The van der Waals surface area contributed by atoms with Crippen LogP contribution in [0.5, 0.6) is 0 Å². The van der Waals surface area contributed by atoms with Crippen molar-refractivity contribution in [2.75, 3.05) is 40.9 Å². The van der Waals surface area contributed by atoms with Gasteiger partial charge in [0.1, 0.15) is 12.6 Å². The highest BCUT2D eigenvalue weighted by molar-refractivity contribution is 7.46. The second-order valence-electron chi connectivity index (χ2n) is 16.5. The largest absolute Gasteiger partial charge is 0.756 e. The summed E-state index contributed by atoms with van der Waals surface area (Å²) in [6.45, 7) is 2.88. The number of likely N-dealkylation sites (N-methyl/N-ethyl adjacent to an activating group) is 1. The summed E-state index contributed by atoms with van der Waals surface area (Å²) < 4.78 is 23.6. The fraction of sp³-hybridized carbons (Fsp3) is 0.864. The number of carbonyl (C=O) groups excluding carboxylic acids is 2. The van der Waals surface area contributed by atoms with E-state index in [1.165, 1.54) is 77.0 Å². The van der Waals surface area contributed by atoms with Crippen molar-refractivity contribution in [1.29, 1.82) is 0 Å². The topological polar surface area (TPSA) is 133 Å². The van der Waals surface area contributed by atoms with Crippen molar-refractivity contribution in [3.63, 3.8) is 0 Å². The molecule has 0 amide bonds. The first kappa shape index (κ1) is 52.8. The van der Waals surface area contributed by atoms with Gasteiger partial charge in [0, 0.05) is 12.8 Å². The fourth-order valence-corrected chi connectivity index (χ4v) is 7.74. The zero-order valence-electron chi connectivity index (χ0n) is 35.5. The van der Waals surface area contributed by atoms with Gasteiger partial charge in [-0.3, -0.25) is 18.7 Å². The van der Waals surface area contributed by atoms with Gasteiger partial charge in [-0.1, -0.05) is 141 Å². The van der Waals surface area contributed by atoms with Crippen LogP contribution >= 0.6 is 7.82 Å². The number of phosphoric acid groups is 1. The van der Waals surface area contributed by atoms with E-state index in [0.717, 1.165) is 77.0 Å². The van der Waals surface area contributed by atoms with Crippen LogP contribution in [0.1, 0.15) is 194 Å². The summed E-state index contributed by atoms with van der Waals surface area (Å²) >= 11 is 0. The molecule has 0 saturated heterocycles. The van der Waals surface area contributed by atoms with Gasteiger partial charge in [-0.2, -0.15) is 0 Å². The first-order valence-corrected chi connectivity index (χ1v) is 23.4. The maximum absolute atomic E-state index is 14.0. The second kappa shape index (κ2) is 33.9. The molecule has 0 saturated carbocycles. The molecule has 0 aromatic rings. The third kappa shape index (κ3) is 30.0. The lowest BCUT2D eigenvalue weighted by Gasteiger charge is -2.40. The molecule has 0 rings (SSSR count). The lowest BCUT2D eigenvalue weighted by Crippen LogP contribution is -2.60. The number of allylic oxidation sites excluding steroid dienone is 4. The first-order chi connectivity index (χ1) is 25.8. The Morgan fingerprint density at radius 2 is 0.963 bits per heavy atom. The predicted octanol–water partition coefficient (Wildman–Crippen LogP) is 10.5. The summed E-state index contributed by atoms with van der Waals surface area (Å²) in [5.41, 5.74) is -2.22. The molecule has 0 aromatic carbocycles. The van der Waals surface area contributed by atoms with Gasteiger partial charge in [-0.25, -0.2) is 0 Å². The highest BCUT2D eigenvalue weighted by Gasteiger charge is 2.52. The molecule has 10 heteroatoms. The summed E-state index contributed by atoms with van der Waals surface area (Å²) in [5.74, 6) is -1.10. The Kier molecular flexibility index (Phi) is 33.2. The zero-order valence-corrected chi connectivity index (χ0v) is 36.4. The van der Waals surface area contributed by atoms with Gasteiger partial charge < -0.3 is 24.1 Å². The number of aliphatic hydroxyl groups excluding tert-OH is 2. The van der Waals surface area contributed by atoms with Crippen molar-refractivity contribution < 1.29 is 42.8 Å². The van der Waals surface area contributed by atoms with E-state index in [9.17, 15) is 24.2 Å². The number of aliphatic hydroxyl groups is 2. The van der Waals surface area contributed by atoms with Crippen molar-refractivity contribution in [2.45, 2.75) is 205 Å². The molecule has 0 spiro atoms. The molecule has 0 aliphatic carbocycles. The van der Waals surface area contributed by atoms with Crippen LogP contribution in [0.2, 0.25) is 0 Å². The molecular formula is C44H84NO8P. The third-order valence-corrected chi connectivity index (χ3v) is 10.8. The second-order valence-corrected chi connectivity index (χ2v) is 17.8. The minimum Gasteiger partial charge on any atom is -0.756 e. The molecule has 0 aliphatic heterocycles. The Labute approximate surface area is 332 Å². The van der Waals surface area contributed by atoms with Gasteiger partial charge in [0.15, 0.2) is 11.6 Å². The van der Waals surface area contributed by atoms with Gasteiger partial charge >= 0.3 is 0 Å². The van der Waals surface area contributed by atoms with Crippen LogP contribution in [-0.2, 0) is 23.2 Å². The van der Waals surface area contributed by atoms with Crippen molar-refractivity contribution in [3.05, 3.63) is 24.3 Å². The number of unbranched alkanes of at least 4 members (excludes halogenated alkanes) is 22. The highest BCUT2D eigenvalue weighted by atomic mass is 31.2. The SMILES string of the molecule is CCCCCCCC/C=C\CCCCCCCC(=O)C(C[N+](C)(C)C)(OP(=O)([O-])OC[C@H](O)CO)C(=O)CCCCCCC/C=C\CCCCCCCC. The molecular weight excluding hydrogens is 701 g/mol. The van der Waals surface area contributed by atoms with E-state index in [1.54, 1.807) is 21.1 Å². The molecule has 318 valence electrons. The highest BCUT2D eigenvalue weighted by Crippen LogP contribution is 2.45. The number of hydrogen-bond acceptors (Lipinski definition) is 8. The van der Waals surface area contributed by atoms with Gasteiger partial charge in [-0.15, -0.1) is 0 Å². The van der Waals surface area contributed by atoms with Crippen molar-refractivity contribution in [2.24, 2.45) is 0 Å². The van der Waals surface area contributed by atoms with Crippen LogP contribution in [0.25, 0.3) is 0 Å². The first-order valence-electron chi connectivity index (χ1n) is 22.0. The Balaban J connectivity index is 5.07. The molecule has 0 radical (unpaired) electrons. The monoisotopic (exact) mass is 786 g/mol. The molecule has 0 bridgehead atoms. The van der Waals surface area contributed by atoms with Gasteiger partial charge in [0.05, 0.1) is 34.4 Å². The van der Waals surface area contributed by atoms with Crippen molar-refractivity contribution in [1.82, 2.24) is 0 Å². The molecule has 2 atom stereocenters. The van der Waals surface area contributed by atoms with E-state index in [0.29, 0.717) is 12.8 Å². The van der Waals surface area contributed by atoms with E-state index in [2.05, 4.69) is 38.2 Å². The average molecular weight is 786 g/mol. The summed E-state index contributed by atoms with van der Waals surface area (Å²) in [6.07, 6.45) is 36.6. The molecule has 9 nitrogen and oxygen atoms in total. The lowest BCUT2D eigenvalue weighted by atomic mass is 9.86. The quantitative estimate of drug-likeness (QED) is 0.0206. The van der Waals surface area contributed by atoms with Gasteiger partial charge in [0.2, 0.25) is 5.60 Å². The Bertz CT molecular complexity index is 973. The van der Waals surface area contributed by atoms with E-state index in [4.69, 9.17) is 14.2 Å². The van der Waals surface area contributed by atoms with E-state index < -0.39 is 44.3 Å². The van der Waals surface area contributed by atoms with Crippen LogP contribution in [0.3, 0.4) is 0 Å². The number of quaternary nitrogens is 1. The maximum atomic E-state index is 14.0. The van der Waals surface area contributed by atoms with Crippen LogP contribution in [-0.4, -0.2) is 78.9 Å².